The lowest BCUT2D eigenvalue weighted by atomic mass is 10.2. The first-order chi connectivity index (χ1) is 11.2. The Kier molecular flexibility index (Phi) is 4.95. The fourth-order valence-corrected chi connectivity index (χ4v) is 3.53. The molecule has 0 radical (unpaired) electrons. The molecule has 0 bridgehead atoms. The van der Waals surface area contributed by atoms with Gasteiger partial charge in [-0.15, -0.1) is 0 Å². The molecule has 3 rings (SSSR count). The van der Waals surface area contributed by atoms with E-state index in [4.69, 9.17) is 22.4 Å². The van der Waals surface area contributed by atoms with Gasteiger partial charge in [0.1, 0.15) is 16.5 Å². The molecule has 118 valence electrons. The van der Waals surface area contributed by atoms with Gasteiger partial charge in [0.25, 0.3) is 5.24 Å². The first-order valence-corrected chi connectivity index (χ1v) is 8.52. The van der Waals surface area contributed by atoms with Gasteiger partial charge < -0.3 is 10.2 Å². The lowest BCUT2D eigenvalue weighted by molar-refractivity contribution is 0.245. The third kappa shape index (κ3) is 3.55. The van der Waals surface area contributed by atoms with Crippen LogP contribution < -0.4 is 5.73 Å². The first kappa shape index (κ1) is 16.0. The van der Waals surface area contributed by atoms with Crippen molar-refractivity contribution in [2.24, 2.45) is 5.73 Å². The zero-order valence-electron chi connectivity index (χ0n) is 12.4. The molecular formula is C17H16N2O2S2. The van der Waals surface area contributed by atoms with Crippen molar-refractivity contribution in [1.82, 2.24) is 4.90 Å². The van der Waals surface area contributed by atoms with Gasteiger partial charge in [0.05, 0.1) is 4.91 Å². The van der Waals surface area contributed by atoms with Gasteiger partial charge in [0.2, 0.25) is 0 Å². The van der Waals surface area contributed by atoms with E-state index in [2.05, 4.69) is 0 Å². The maximum atomic E-state index is 12.0. The summed E-state index contributed by atoms with van der Waals surface area (Å²) in [5.41, 5.74) is 6.51. The molecule has 2 aromatic rings. The highest BCUT2D eigenvalue weighted by atomic mass is 32.2. The molecule has 0 aliphatic carbocycles. The largest absolute Gasteiger partial charge is 0.457 e. The molecule has 1 fully saturated rings. The normalized spacial score (nSPS) is 16.6. The molecule has 6 heteroatoms. The Morgan fingerprint density at radius 1 is 1.22 bits per heavy atom. The topological polar surface area (TPSA) is 59.5 Å². The molecule has 0 saturated carbocycles. The summed E-state index contributed by atoms with van der Waals surface area (Å²) >= 11 is 6.52. The number of amides is 1. The molecule has 2 heterocycles. The molecule has 23 heavy (non-hydrogen) atoms. The molecule has 1 amide bonds. The SMILES string of the molecule is NCCCN1C(=O)S/C(=C\c2ccc(-c3ccccc3)o2)C1=S. The number of thiocarbonyl (C=S) groups is 1. The Hall–Kier alpha value is -1.89. The summed E-state index contributed by atoms with van der Waals surface area (Å²) in [5.74, 6) is 1.47. The summed E-state index contributed by atoms with van der Waals surface area (Å²) in [4.78, 5) is 14.9. The molecule has 1 aromatic heterocycles. The quantitative estimate of drug-likeness (QED) is 0.653. The first-order valence-electron chi connectivity index (χ1n) is 7.30. The highest BCUT2D eigenvalue weighted by Gasteiger charge is 2.31. The Balaban J connectivity index is 1.79. The standard InChI is InChI=1S/C17H16N2O2S2/c18-9-4-10-19-16(22)15(23-17(19)20)11-13-7-8-14(21-13)12-5-2-1-3-6-12/h1-3,5-8,11H,4,9-10,18H2/b15-11-. The number of hydrogen-bond acceptors (Lipinski definition) is 5. The van der Waals surface area contributed by atoms with Gasteiger partial charge in [-0.3, -0.25) is 9.69 Å². The maximum absolute atomic E-state index is 12.0. The number of nitrogens with zero attached hydrogens (tertiary/aromatic N) is 1. The van der Waals surface area contributed by atoms with Gasteiger partial charge in [-0.1, -0.05) is 42.5 Å². The highest BCUT2D eigenvalue weighted by molar-refractivity contribution is 8.19. The monoisotopic (exact) mass is 344 g/mol. The van der Waals surface area contributed by atoms with Crippen LogP contribution in [-0.4, -0.2) is 28.2 Å². The van der Waals surface area contributed by atoms with Gasteiger partial charge >= 0.3 is 0 Å². The van der Waals surface area contributed by atoms with Crippen LogP contribution in [0.1, 0.15) is 12.2 Å². The van der Waals surface area contributed by atoms with E-state index in [0.29, 0.717) is 23.8 Å². The highest BCUT2D eigenvalue weighted by Crippen LogP contribution is 2.34. The number of benzene rings is 1. The van der Waals surface area contributed by atoms with Crippen molar-refractivity contribution in [2.75, 3.05) is 13.1 Å². The van der Waals surface area contributed by atoms with E-state index in [1.807, 2.05) is 48.5 Å². The zero-order valence-corrected chi connectivity index (χ0v) is 14.0. The summed E-state index contributed by atoms with van der Waals surface area (Å²) < 4.78 is 5.83. The van der Waals surface area contributed by atoms with Crippen LogP contribution in [0.25, 0.3) is 17.4 Å². The van der Waals surface area contributed by atoms with E-state index in [1.54, 1.807) is 4.90 Å². The van der Waals surface area contributed by atoms with Crippen molar-refractivity contribution in [3.63, 3.8) is 0 Å². The van der Waals surface area contributed by atoms with E-state index in [9.17, 15) is 4.79 Å². The second-order valence-electron chi connectivity index (χ2n) is 5.04. The van der Waals surface area contributed by atoms with Crippen molar-refractivity contribution in [2.45, 2.75) is 6.42 Å². The summed E-state index contributed by atoms with van der Waals surface area (Å²) in [7, 11) is 0. The molecule has 1 aliphatic rings. The van der Waals surface area contributed by atoms with Crippen molar-refractivity contribution >= 4 is 40.3 Å². The fourth-order valence-electron chi connectivity index (χ4n) is 2.26. The summed E-state index contributed by atoms with van der Waals surface area (Å²) in [6.45, 7) is 1.10. The van der Waals surface area contributed by atoms with Crippen LogP contribution in [0.15, 0.2) is 51.8 Å². The Bertz CT molecular complexity index is 753. The lowest BCUT2D eigenvalue weighted by Crippen LogP contribution is -2.29. The van der Waals surface area contributed by atoms with E-state index in [0.717, 1.165) is 34.4 Å². The van der Waals surface area contributed by atoms with Gasteiger partial charge in [-0.2, -0.15) is 0 Å². The van der Waals surface area contributed by atoms with Crippen molar-refractivity contribution in [3.8, 4) is 11.3 Å². The molecule has 0 spiro atoms. The van der Waals surface area contributed by atoms with Crippen molar-refractivity contribution in [3.05, 3.63) is 53.1 Å². The summed E-state index contributed by atoms with van der Waals surface area (Å²) in [5, 5.41) is -0.0514. The molecule has 4 nitrogen and oxygen atoms in total. The van der Waals surface area contributed by atoms with Crippen LogP contribution in [0.5, 0.6) is 0 Å². The second-order valence-corrected chi connectivity index (χ2v) is 6.42. The zero-order chi connectivity index (χ0) is 16.2. The summed E-state index contributed by atoms with van der Waals surface area (Å²) in [6.07, 6.45) is 2.55. The van der Waals surface area contributed by atoms with E-state index < -0.39 is 0 Å². The van der Waals surface area contributed by atoms with Gasteiger partial charge in [-0.05, 0) is 42.9 Å². The number of hydrogen-bond donors (Lipinski definition) is 1. The maximum Gasteiger partial charge on any atom is 0.291 e. The Morgan fingerprint density at radius 3 is 2.74 bits per heavy atom. The van der Waals surface area contributed by atoms with Crippen molar-refractivity contribution < 1.29 is 9.21 Å². The minimum atomic E-state index is -0.0514. The molecule has 0 unspecified atom stereocenters. The van der Waals surface area contributed by atoms with Crippen LogP contribution in [0, 0.1) is 0 Å². The number of nitrogens with two attached hydrogens (primary N) is 1. The van der Waals surface area contributed by atoms with Crippen LogP contribution in [0.3, 0.4) is 0 Å². The summed E-state index contributed by atoms with van der Waals surface area (Å²) in [6, 6.07) is 13.7. The minimum absolute atomic E-state index is 0.0514. The van der Waals surface area contributed by atoms with E-state index >= 15 is 0 Å². The number of carbonyl (C=O) groups is 1. The number of furan rings is 1. The van der Waals surface area contributed by atoms with Gasteiger partial charge in [-0.25, -0.2) is 0 Å². The molecule has 2 N–H and O–H groups in total. The van der Waals surface area contributed by atoms with E-state index in [1.165, 1.54) is 0 Å². The predicted octanol–water partition coefficient (Wildman–Crippen LogP) is 4.13. The molecule has 0 atom stereocenters. The van der Waals surface area contributed by atoms with Crippen LogP contribution in [-0.2, 0) is 0 Å². The fraction of sp³-hybridized carbons (Fsp3) is 0.176. The Labute approximate surface area is 144 Å². The third-order valence-corrected chi connectivity index (χ3v) is 4.91. The Morgan fingerprint density at radius 2 is 2.00 bits per heavy atom. The molecular weight excluding hydrogens is 328 g/mol. The van der Waals surface area contributed by atoms with Gasteiger partial charge in [0, 0.05) is 12.1 Å². The average Bonchev–Trinajstić information content (AvgIpc) is 3.13. The molecule has 1 aliphatic heterocycles. The second kappa shape index (κ2) is 7.12. The van der Waals surface area contributed by atoms with Gasteiger partial charge in [0.15, 0.2) is 0 Å². The lowest BCUT2D eigenvalue weighted by Gasteiger charge is -2.13. The van der Waals surface area contributed by atoms with Crippen LogP contribution in [0.2, 0.25) is 0 Å². The third-order valence-electron chi connectivity index (χ3n) is 3.42. The van der Waals surface area contributed by atoms with Crippen LogP contribution >= 0.6 is 24.0 Å². The molecule has 1 saturated heterocycles. The van der Waals surface area contributed by atoms with E-state index in [-0.39, 0.29) is 5.24 Å². The van der Waals surface area contributed by atoms with Crippen molar-refractivity contribution in [1.29, 1.82) is 0 Å². The number of carbonyl (C=O) groups excluding carboxylic acids is 1. The predicted molar refractivity (Wildman–Crippen MR) is 98.1 cm³/mol. The minimum Gasteiger partial charge on any atom is -0.457 e. The number of thioether (sulfide) groups is 1. The average molecular weight is 344 g/mol. The number of rotatable bonds is 5. The molecule has 1 aromatic carbocycles. The van der Waals surface area contributed by atoms with Crippen LogP contribution in [0.4, 0.5) is 4.79 Å². The smallest absolute Gasteiger partial charge is 0.291 e.